The largest absolute Gasteiger partial charge is 0.328 e. The summed E-state index contributed by atoms with van der Waals surface area (Å²) in [5.41, 5.74) is 0.292. The van der Waals surface area contributed by atoms with Crippen molar-refractivity contribution in [2.45, 2.75) is 13.0 Å². The number of hydrogen-bond donors (Lipinski definition) is 3. The van der Waals surface area contributed by atoms with Crippen LogP contribution in [0.5, 0.6) is 0 Å². The van der Waals surface area contributed by atoms with Gasteiger partial charge in [0.2, 0.25) is 0 Å². The summed E-state index contributed by atoms with van der Waals surface area (Å²) in [5.74, 6) is -2.03. The molecule has 0 unspecified atom stereocenters. The van der Waals surface area contributed by atoms with E-state index in [0.29, 0.717) is 5.69 Å². The molecule has 0 spiro atoms. The van der Waals surface area contributed by atoms with Gasteiger partial charge < -0.3 is 15.1 Å². The Bertz CT molecular complexity index is 487. The minimum absolute atomic E-state index is 0.162. The second-order valence-corrected chi connectivity index (χ2v) is 5.46. The lowest BCUT2D eigenvalue weighted by molar-refractivity contribution is -1.01. The van der Waals surface area contributed by atoms with Crippen LogP contribution >= 0.6 is 0 Å². The van der Waals surface area contributed by atoms with Crippen LogP contribution in [0.15, 0.2) is 18.2 Å². The van der Waals surface area contributed by atoms with Crippen molar-refractivity contribution in [2.24, 2.45) is 0 Å². The SMILES string of the molecule is C[C@H](C(=O)Nc1ccc(F)c(F)c1)[NH+]1CC[NH+](C)CC1. The zero-order valence-corrected chi connectivity index (χ0v) is 11.8. The first-order chi connectivity index (χ1) is 9.47. The molecule has 0 bridgehead atoms. The van der Waals surface area contributed by atoms with Crippen LogP contribution in [0.2, 0.25) is 0 Å². The Kier molecular flexibility index (Phi) is 4.67. The van der Waals surface area contributed by atoms with Crippen LogP contribution < -0.4 is 15.1 Å². The van der Waals surface area contributed by atoms with Gasteiger partial charge in [0.05, 0.1) is 7.05 Å². The summed E-state index contributed by atoms with van der Waals surface area (Å²) in [5, 5.41) is 2.65. The topological polar surface area (TPSA) is 38.0 Å². The number of piperazine rings is 1. The first kappa shape index (κ1) is 14.9. The lowest BCUT2D eigenvalue weighted by atomic mass is 10.2. The lowest BCUT2D eigenvalue weighted by Gasteiger charge is -2.30. The average molecular weight is 285 g/mol. The Morgan fingerprint density at radius 1 is 1.20 bits per heavy atom. The van der Waals surface area contributed by atoms with Crippen LogP contribution in [0.1, 0.15) is 6.92 Å². The average Bonchev–Trinajstić information content (AvgIpc) is 2.43. The summed E-state index contributed by atoms with van der Waals surface area (Å²) in [7, 11) is 2.14. The van der Waals surface area contributed by atoms with Crippen LogP contribution in [0.4, 0.5) is 14.5 Å². The second kappa shape index (κ2) is 6.28. The van der Waals surface area contributed by atoms with Crippen LogP contribution in [0, 0.1) is 11.6 Å². The summed E-state index contributed by atoms with van der Waals surface area (Å²) >= 11 is 0. The van der Waals surface area contributed by atoms with Crippen molar-refractivity contribution in [3.63, 3.8) is 0 Å². The third-order valence-electron chi connectivity index (χ3n) is 3.94. The Labute approximate surface area is 117 Å². The maximum atomic E-state index is 13.1. The molecule has 3 N–H and O–H groups in total. The number of carbonyl (C=O) groups excluding carboxylic acids is 1. The molecule has 0 aliphatic carbocycles. The van der Waals surface area contributed by atoms with Crippen LogP contribution in [-0.4, -0.2) is 45.2 Å². The first-order valence-electron chi connectivity index (χ1n) is 6.89. The first-order valence-corrected chi connectivity index (χ1v) is 6.89. The summed E-state index contributed by atoms with van der Waals surface area (Å²) in [6.07, 6.45) is 0. The zero-order chi connectivity index (χ0) is 14.7. The van der Waals surface area contributed by atoms with Crippen molar-refractivity contribution in [2.75, 3.05) is 38.5 Å². The van der Waals surface area contributed by atoms with E-state index in [4.69, 9.17) is 0 Å². The van der Waals surface area contributed by atoms with Crippen LogP contribution in [0.3, 0.4) is 0 Å². The predicted molar refractivity (Wildman–Crippen MR) is 71.8 cm³/mol. The molecular formula is C14H21F2N3O+2. The third-order valence-corrected chi connectivity index (χ3v) is 3.94. The van der Waals surface area contributed by atoms with Gasteiger partial charge in [0, 0.05) is 11.8 Å². The highest BCUT2D eigenvalue weighted by Crippen LogP contribution is 2.12. The van der Waals surface area contributed by atoms with Gasteiger partial charge in [0.25, 0.3) is 5.91 Å². The molecule has 20 heavy (non-hydrogen) atoms. The van der Waals surface area contributed by atoms with Gasteiger partial charge in [-0.05, 0) is 19.1 Å². The van der Waals surface area contributed by atoms with E-state index in [0.717, 1.165) is 38.3 Å². The van der Waals surface area contributed by atoms with Crippen LogP contribution in [0.25, 0.3) is 0 Å². The van der Waals surface area contributed by atoms with Gasteiger partial charge in [-0.3, -0.25) is 4.79 Å². The number of carbonyl (C=O) groups is 1. The number of rotatable bonds is 3. The van der Waals surface area contributed by atoms with Crippen molar-refractivity contribution in [3.05, 3.63) is 29.8 Å². The van der Waals surface area contributed by atoms with Gasteiger partial charge in [0.15, 0.2) is 17.7 Å². The highest BCUT2D eigenvalue weighted by molar-refractivity contribution is 5.93. The number of quaternary nitrogens is 2. The zero-order valence-electron chi connectivity index (χ0n) is 11.8. The maximum Gasteiger partial charge on any atom is 0.282 e. The Morgan fingerprint density at radius 2 is 1.85 bits per heavy atom. The molecule has 0 aromatic heterocycles. The van der Waals surface area contributed by atoms with E-state index in [1.807, 2.05) is 6.92 Å². The fraction of sp³-hybridized carbons (Fsp3) is 0.500. The molecule has 1 aromatic rings. The van der Waals surface area contributed by atoms with Crippen molar-refractivity contribution in [3.8, 4) is 0 Å². The molecule has 1 saturated heterocycles. The normalized spacial score (nSPS) is 24.2. The molecule has 0 saturated carbocycles. The molecular weight excluding hydrogens is 264 g/mol. The standard InChI is InChI=1S/C14H19F2N3O/c1-10(19-7-5-18(2)6-8-19)14(20)17-11-3-4-12(15)13(16)9-11/h3-4,9-10H,5-8H2,1-2H3,(H,17,20)/p+2/t10-/m1/s1. The van der Waals surface area contributed by atoms with E-state index >= 15 is 0 Å². The van der Waals surface area contributed by atoms with Gasteiger partial charge >= 0.3 is 0 Å². The summed E-state index contributed by atoms with van der Waals surface area (Å²) in [6.45, 7) is 5.83. The number of likely N-dealkylation sites (N-methyl/N-ethyl adjacent to an activating group) is 1. The van der Waals surface area contributed by atoms with Crippen molar-refractivity contribution in [1.82, 2.24) is 0 Å². The van der Waals surface area contributed by atoms with Crippen LogP contribution in [-0.2, 0) is 4.79 Å². The summed E-state index contributed by atoms with van der Waals surface area (Å²) < 4.78 is 25.9. The minimum Gasteiger partial charge on any atom is -0.328 e. The number of halogens is 2. The Hall–Kier alpha value is -1.53. The Morgan fingerprint density at radius 3 is 2.45 bits per heavy atom. The monoisotopic (exact) mass is 285 g/mol. The summed E-state index contributed by atoms with van der Waals surface area (Å²) in [6, 6.07) is 3.19. The number of benzene rings is 1. The predicted octanol–water partition coefficient (Wildman–Crippen LogP) is -1.29. The molecule has 1 heterocycles. The molecule has 6 heteroatoms. The van der Waals surface area contributed by atoms with Gasteiger partial charge in [-0.25, -0.2) is 8.78 Å². The van der Waals surface area contributed by atoms with Gasteiger partial charge in [-0.1, -0.05) is 0 Å². The maximum absolute atomic E-state index is 13.1. The van der Waals surface area contributed by atoms with Gasteiger partial charge in [0.1, 0.15) is 26.2 Å². The van der Waals surface area contributed by atoms with Crippen molar-refractivity contribution in [1.29, 1.82) is 0 Å². The number of hydrogen-bond acceptors (Lipinski definition) is 1. The van der Waals surface area contributed by atoms with E-state index < -0.39 is 11.6 Å². The molecule has 1 atom stereocenters. The molecule has 2 rings (SSSR count). The molecule has 1 aliphatic heterocycles. The highest BCUT2D eigenvalue weighted by atomic mass is 19.2. The van der Waals surface area contributed by atoms with Gasteiger partial charge in [-0.2, -0.15) is 0 Å². The molecule has 1 aliphatic rings. The van der Waals surface area contributed by atoms with E-state index in [2.05, 4.69) is 12.4 Å². The quantitative estimate of drug-likeness (QED) is 0.635. The number of nitrogens with one attached hydrogen (secondary N) is 3. The van der Waals surface area contributed by atoms with E-state index in [9.17, 15) is 13.6 Å². The molecule has 1 aromatic carbocycles. The smallest absolute Gasteiger partial charge is 0.282 e. The Balaban J connectivity index is 1.95. The summed E-state index contributed by atoms with van der Waals surface area (Å²) in [4.78, 5) is 14.8. The van der Waals surface area contributed by atoms with E-state index in [1.54, 1.807) is 0 Å². The molecule has 4 nitrogen and oxygen atoms in total. The number of amides is 1. The fourth-order valence-electron chi connectivity index (χ4n) is 2.44. The second-order valence-electron chi connectivity index (χ2n) is 5.46. The minimum atomic E-state index is -0.953. The van der Waals surface area contributed by atoms with E-state index in [1.165, 1.54) is 15.9 Å². The van der Waals surface area contributed by atoms with E-state index in [-0.39, 0.29) is 11.9 Å². The van der Waals surface area contributed by atoms with Gasteiger partial charge in [-0.15, -0.1) is 0 Å². The molecule has 1 amide bonds. The molecule has 1 fully saturated rings. The molecule has 0 radical (unpaired) electrons. The third kappa shape index (κ3) is 3.52. The number of anilines is 1. The van der Waals surface area contributed by atoms with Crippen molar-refractivity contribution < 1.29 is 23.4 Å². The fourth-order valence-corrected chi connectivity index (χ4v) is 2.44. The highest BCUT2D eigenvalue weighted by Gasteiger charge is 2.29. The van der Waals surface area contributed by atoms with Crippen molar-refractivity contribution >= 4 is 11.6 Å². The molecule has 110 valence electrons. The lowest BCUT2D eigenvalue weighted by Crippen LogP contribution is -3.29.